The lowest BCUT2D eigenvalue weighted by Gasteiger charge is -2.32. The lowest BCUT2D eigenvalue weighted by atomic mass is 9.78. The highest BCUT2D eigenvalue weighted by Gasteiger charge is 2.53. The van der Waals surface area contributed by atoms with Crippen molar-refractivity contribution in [2.45, 2.75) is 65.8 Å². The molecule has 1 fully saturated rings. The summed E-state index contributed by atoms with van der Waals surface area (Å²) in [6.45, 7) is 12.2. The van der Waals surface area contributed by atoms with Crippen LogP contribution in [-0.4, -0.2) is 63.7 Å². The number of benzene rings is 2. The number of ketones is 2. The molecule has 0 amide bonds. The monoisotopic (exact) mass is 712 g/mol. The van der Waals surface area contributed by atoms with Crippen molar-refractivity contribution in [1.82, 2.24) is 19.6 Å². The fourth-order valence-corrected chi connectivity index (χ4v) is 5.30. The van der Waals surface area contributed by atoms with E-state index in [2.05, 4.69) is 32.8 Å². The minimum Gasteiger partial charge on any atom is -0.497 e. The predicted octanol–water partition coefficient (Wildman–Crippen LogP) is 5.19. The van der Waals surface area contributed by atoms with E-state index in [-0.39, 0.29) is 11.6 Å². The molecule has 4 aromatic rings. The van der Waals surface area contributed by atoms with Crippen molar-refractivity contribution in [3.8, 4) is 11.5 Å². The molecule has 0 radical (unpaired) electrons. The van der Waals surface area contributed by atoms with Crippen LogP contribution in [0.25, 0.3) is 0 Å². The van der Waals surface area contributed by atoms with Crippen molar-refractivity contribution < 1.29 is 28.4 Å². The van der Waals surface area contributed by atoms with E-state index in [0.29, 0.717) is 29.9 Å². The first kappa shape index (κ1) is 33.4. The average molecular weight is 712 g/mol. The average Bonchev–Trinajstić information content (AvgIpc) is 3.62. The number of carbonyl (C=O) groups excluding carboxylic acids is 2. The molecule has 3 heterocycles. The van der Waals surface area contributed by atoms with Crippen molar-refractivity contribution in [1.29, 1.82) is 0 Å². The number of hydrogen-bond donors (Lipinski definition) is 0. The number of carbonyl (C=O) groups is 2. The number of methoxy groups -OCH3 is 2. The van der Waals surface area contributed by atoms with Gasteiger partial charge in [0, 0.05) is 31.7 Å². The number of ether oxygens (including phenoxy) is 2. The summed E-state index contributed by atoms with van der Waals surface area (Å²) in [5.74, 6) is 1.52. The first-order chi connectivity index (χ1) is 20.7. The van der Waals surface area contributed by atoms with Crippen LogP contribution in [0.3, 0.4) is 0 Å². The van der Waals surface area contributed by atoms with E-state index in [1.165, 1.54) is 13.8 Å². The molecule has 0 unspecified atom stereocenters. The molecule has 0 N–H and O–H groups in total. The van der Waals surface area contributed by atoms with Gasteiger partial charge in [0.2, 0.25) is 0 Å². The smallest absolute Gasteiger partial charge is 0.497 e. The second-order valence-corrected chi connectivity index (χ2v) is 12.7. The first-order valence-corrected chi connectivity index (χ1v) is 15.2. The Hall–Kier alpha value is -3.49. The molecular formula is C32H38BIN4O6. The van der Waals surface area contributed by atoms with Crippen molar-refractivity contribution in [3.63, 3.8) is 0 Å². The van der Waals surface area contributed by atoms with Gasteiger partial charge >= 0.3 is 7.12 Å². The number of rotatable bonds is 9. The summed E-state index contributed by atoms with van der Waals surface area (Å²) >= 11 is 2.13. The van der Waals surface area contributed by atoms with Gasteiger partial charge in [-0.2, -0.15) is 10.2 Å². The maximum absolute atomic E-state index is 12.1. The second-order valence-electron chi connectivity index (χ2n) is 11.6. The van der Waals surface area contributed by atoms with E-state index in [9.17, 15) is 9.59 Å². The topological polar surface area (TPSA) is 107 Å². The molecule has 5 rings (SSSR count). The molecule has 0 saturated carbocycles. The van der Waals surface area contributed by atoms with E-state index in [4.69, 9.17) is 18.8 Å². The molecule has 1 aliphatic heterocycles. The standard InChI is InChI=1S/C19H25BN2O4.C13H13IN2O2/c1-13(23)17-16(20-25-18(2,3)19(4,5)26-20)12-22(21-17)11-14-7-9-15(24-6)10-8-14;1-9(17)13-12(14)8-16(15-13)7-10-3-5-11(18-2)6-4-10/h7-10,12H,11H2,1-6H3;3-6,8H,7H2,1-2H3. The molecule has 2 aromatic heterocycles. The van der Waals surface area contributed by atoms with Crippen molar-refractivity contribution in [3.05, 3.63) is 87.0 Å². The summed E-state index contributed by atoms with van der Waals surface area (Å²) in [6.07, 6.45) is 3.71. The van der Waals surface area contributed by atoms with Crippen LogP contribution in [-0.2, 0) is 22.4 Å². The Kier molecular flexibility index (Phi) is 10.4. The van der Waals surface area contributed by atoms with Crippen LogP contribution in [0.1, 0.15) is 73.6 Å². The summed E-state index contributed by atoms with van der Waals surface area (Å²) in [4.78, 5) is 23.4. The van der Waals surface area contributed by atoms with Gasteiger partial charge < -0.3 is 18.8 Å². The zero-order valence-electron chi connectivity index (χ0n) is 26.4. The molecule has 12 heteroatoms. The third-order valence-electron chi connectivity index (χ3n) is 7.69. The fourth-order valence-electron chi connectivity index (χ4n) is 4.49. The second kappa shape index (κ2) is 13.7. The normalized spacial score (nSPS) is 15.0. The van der Waals surface area contributed by atoms with Crippen LogP contribution in [0.15, 0.2) is 60.9 Å². The number of halogens is 1. The zero-order valence-corrected chi connectivity index (χ0v) is 28.5. The Morgan fingerprint density at radius 2 is 1.16 bits per heavy atom. The molecule has 1 saturated heterocycles. The zero-order chi connectivity index (χ0) is 32.2. The first-order valence-electron chi connectivity index (χ1n) is 14.2. The highest BCUT2D eigenvalue weighted by atomic mass is 127. The Morgan fingerprint density at radius 1 is 0.750 bits per heavy atom. The summed E-state index contributed by atoms with van der Waals surface area (Å²) < 4.78 is 26.9. The van der Waals surface area contributed by atoms with E-state index in [1.54, 1.807) is 23.6 Å². The van der Waals surface area contributed by atoms with Crippen molar-refractivity contribution >= 4 is 46.7 Å². The molecule has 2 aromatic carbocycles. The molecule has 44 heavy (non-hydrogen) atoms. The Bertz CT molecular complexity index is 1600. The Labute approximate surface area is 272 Å². The minimum atomic E-state index is -0.608. The summed E-state index contributed by atoms with van der Waals surface area (Å²) in [6, 6.07) is 15.6. The van der Waals surface area contributed by atoms with Gasteiger partial charge in [-0.1, -0.05) is 24.3 Å². The molecule has 10 nitrogen and oxygen atoms in total. The van der Waals surface area contributed by atoms with E-state index >= 15 is 0 Å². The van der Waals surface area contributed by atoms with E-state index in [1.807, 2.05) is 88.6 Å². The number of Topliss-reactive ketones (excluding diaryl/α,β-unsaturated/α-hetero) is 2. The maximum atomic E-state index is 12.1. The van der Waals surface area contributed by atoms with Gasteiger partial charge in [0.1, 0.15) is 22.9 Å². The van der Waals surface area contributed by atoms with Crippen LogP contribution >= 0.6 is 22.6 Å². The molecule has 0 spiro atoms. The van der Waals surface area contributed by atoms with Gasteiger partial charge in [-0.05, 0) is 85.7 Å². The predicted molar refractivity (Wildman–Crippen MR) is 177 cm³/mol. The summed E-state index contributed by atoms with van der Waals surface area (Å²) in [5, 5.41) is 8.74. The van der Waals surface area contributed by atoms with Gasteiger partial charge in [-0.25, -0.2) is 0 Å². The quantitative estimate of drug-likeness (QED) is 0.133. The lowest BCUT2D eigenvalue weighted by molar-refractivity contribution is 0.00578. The number of nitrogens with zero attached hydrogens (tertiary/aromatic N) is 4. The highest BCUT2D eigenvalue weighted by Crippen LogP contribution is 2.36. The van der Waals surface area contributed by atoms with Crippen LogP contribution in [0.4, 0.5) is 0 Å². The highest BCUT2D eigenvalue weighted by molar-refractivity contribution is 14.1. The minimum absolute atomic E-state index is 0.00659. The molecule has 1 aliphatic rings. The summed E-state index contributed by atoms with van der Waals surface area (Å²) in [7, 11) is 2.67. The van der Waals surface area contributed by atoms with Crippen LogP contribution in [0.2, 0.25) is 0 Å². The Morgan fingerprint density at radius 3 is 1.55 bits per heavy atom. The van der Waals surface area contributed by atoms with Gasteiger partial charge in [-0.3, -0.25) is 19.0 Å². The van der Waals surface area contributed by atoms with Gasteiger partial charge in [0.15, 0.2) is 11.6 Å². The molecule has 0 aliphatic carbocycles. The van der Waals surface area contributed by atoms with Gasteiger partial charge in [-0.15, -0.1) is 0 Å². The molecule has 232 valence electrons. The van der Waals surface area contributed by atoms with E-state index in [0.717, 1.165) is 26.2 Å². The van der Waals surface area contributed by atoms with Crippen LogP contribution in [0, 0.1) is 3.57 Å². The third-order valence-corrected chi connectivity index (χ3v) is 8.48. The number of aromatic nitrogens is 4. The van der Waals surface area contributed by atoms with Crippen LogP contribution in [0.5, 0.6) is 11.5 Å². The van der Waals surface area contributed by atoms with E-state index < -0.39 is 18.3 Å². The van der Waals surface area contributed by atoms with Crippen molar-refractivity contribution in [2.24, 2.45) is 0 Å². The van der Waals surface area contributed by atoms with Gasteiger partial charge in [0.05, 0.1) is 42.1 Å². The van der Waals surface area contributed by atoms with Crippen molar-refractivity contribution in [2.75, 3.05) is 14.2 Å². The maximum Gasteiger partial charge on any atom is 0.498 e. The van der Waals surface area contributed by atoms with Gasteiger partial charge in [0.25, 0.3) is 0 Å². The molecular weight excluding hydrogens is 674 g/mol. The SMILES string of the molecule is COc1ccc(Cn2cc(B3OC(C)(C)C(C)(C)O3)c(C(C)=O)n2)cc1.COc1ccc(Cn2cc(I)c(C(C)=O)n2)cc1. The Balaban J connectivity index is 0.000000215. The van der Waals surface area contributed by atoms with Crippen LogP contribution < -0.4 is 14.9 Å². The molecule has 0 atom stereocenters. The molecule has 0 bridgehead atoms. The largest absolute Gasteiger partial charge is 0.498 e. The summed E-state index contributed by atoms with van der Waals surface area (Å²) in [5.41, 5.74) is 2.83. The lowest BCUT2D eigenvalue weighted by Crippen LogP contribution is -2.41. The third kappa shape index (κ3) is 7.77. The fraction of sp³-hybridized carbons (Fsp3) is 0.375. The number of hydrogen-bond acceptors (Lipinski definition) is 8.